The zero-order chi connectivity index (χ0) is 8.74. The highest BCUT2D eigenvalue weighted by Gasteiger charge is 2.21. The maximum atomic E-state index is 11.1. The van der Waals surface area contributed by atoms with Crippen molar-refractivity contribution in [2.75, 3.05) is 26.6 Å². The maximum Gasteiger partial charge on any atom is 0.474 e. The highest BCUT2D eigenvalue weighted by Crippen LogP contribution is 2.47. The summed E-state index contributed by atoms with van der Waals surface area (Å²) in [7, 11) is 0.594. The van der Waals surface area contributed by atoms with Crippen LogP contribution in [0, 0.1) is 0 Å². The fraction of sp³-hybridized carbons (Fsp3) is 1.00. The summed E-state index contributed by atoms with van der Waals surface area (Å²) in [5, 5.41) is 0. The second kappa shape index (κ2) is 6.34. The van der Waals surface area contributed by atoms with Crippen LogP contribution in [0.5, 0.6) is 0 Å². The summed E-state index contributed by atoms with van der Waals surface area (Å²) < 4.78 is 25.0. The molecule has 0 aromatic heterocycles. The molecule has 0 amide bonds. The van der Waals surface area contributed by atoms with Gasteiger partial charge >= 0.3 is 7.82 Å². The van der Waals surface area contributed by atoms with Gasteiger partial charge in [0.25, 0.3) is 0 Å². The Bertz CT molecular complexity index is 134. The lowest BCUT2D eigenvalue weighted by Gasteiger charge is -2.11. The van der Waals surface area contributed by atoms with Crippen LogP contribution in [-0.2, 0) is 18.1 Å². The first-order valence-corrected chi connectivity index (χ1v) is 6.31. The van der Waals surface area contributed by atoms with Crippen LogP contribution >= 0.6 is 30.3 Å². The molecule has 0 fully saturated rings. The topological polar surface area (TPSA) is 44.8 Å². The zero-order valence-corrected chi connectivity index (χ0v) is 8.96. The summed E-state index contributed by atoms with van der Waals surface area (Å²) in [5.74, 6) is 0.639. The van der Waals surface area contributed by atoms with Crippen LogP contribution in [-0.4, -0.2) is 26.6 Å². The van der Waals surface area contributed by atoms with Gasteiger partial charge in [0.15, 0.2) is 0 Å². The molecule has 0 bridgehead atoms. The highest BCUT2D eigenvalue weighted by molar-refractivity contribution is 8.68. The Balaban J connectivity index is 3.61. The van der Waals surface area contributed by atoms with Gasteiger partial charge in [0, 0.05) is 20.0 Å². The van der Waals surface area contributed by atoms with Crippen molar-refractivity contribution in [1.29, 1.82) is 0 Å². The van der Waals surface area contributed by atoms with Crippen molar-refractivity contribution in [2.24, 2.45) is 0 Å². The van der Waals surface area contributed by atoms with E-state index in [1.165, 1.54) is 25.0 Å². The van der Waals surface area contributed by atoms with Crippen molar-refractivity contribution >= 4 is 30.3 Å². The average molecular weight is 218 g/mol. The van der Waals surface area contributed by atoms with Crippen LogP contribution in [0.3, 0.4) is 0 Å². The third-order valence-corrected chi connectivity index (χ3v) is 3.16. The Labute approximate surface area is 75.4 Å². The van der Waals surface area contributed by atoms with Gasteiger partial charge in [-0.2, -0.15) is 0 Å². The van der Waals surface area contributed by atoms with Crippen molar-refractivity contribution in [3.05, 3.63) is 0 Å². The molecule has 0 radical (unpaired) electrons. The number of rotatable bonds is 6. The van der Waals surface area contributed by atoms with Crippen molar-refractivity contribution in [1.82, 2.24) is 0 Å². The van der Waals surface area contributed by atoms with E-state index >= 15 is 0 Å². The van der Waals surface area contributed by atoms with E-state index in [4.69, 9.17) is 4.52 Å². The first-order valence-electron chi connectivity index (χ1n) is 2.81. The van der Waals surface area contributed by atoms with E-state index in [1.807, 2.05) is 0 Å². The molecule has 0 aliphatic carbocycles. The van der Waals surface area contributed by atoms with Gasteiger partial charge in [0.05, 0.1) is 6.61 Å². The van der Waals surface area contributed by atoms with Crippen molar-refractivity contribution < 1.29 is 18.1 Å². The van der Waals surface area contributed by atoms with Crippen LogP contribution < -0.4 is 0 Å². The standard InChI is InChI=1S/C4H11O4PS2/c1-6-9(5,7-2)8-3-4-11-10/h10H,3-4H2,1-2H3. The molecule has 0 rings (SSSR count). The second-order valence-electron chi connectivity index (χ2n) is 1.48. The monoisotopic (exact) mass is 218 g/mol. The summed E-state index contributed by atoms with van der Waals surface area (Å²) in [6, 6.07) is 0. The van der Waals surface area contributed by atoms with Crippen LogP contribution in [0.1, 0.15) is 0 Å². The Morgan fingerprint density at radius 3 is 2.36 bits per heavy atom. The third-order valence-electron chi connectivity index (χ3n) is 0.871. The molecule has 68 valence electrons. The van der Waals surface area contributed by atoms with Gasteiger partial charge in [-0.15, -0.1) is 11.7 Å². The quantitative estimate of drug-likeness (QED) is 0.319. The largest absolute Gasteiger partial charge is 0.474 e. The van der Waals surface area contributed by atoms with Crippen molar-refractivity contribution in [3.8, 4) is 0 Å². The normalized spacial score (nSPS) is 11.9. The van der Waals surface area contributed by atoms with Crippen LogP contribution in [0.4, 0.5) is 0 Å². The number of hydrogen-bond acceptors (Lipinski definition) is 6. The Morgan fingerprint density at radius 1 is 1.45 bits per heavy atom. The predicted molar refractivity (Wildman–Crippen MR) is 49.0 cm³/mol. The fourth-order valence-electron chi connectivity index (χ4n) is 0.366. The molecular weight excluding hydrogens is 207 g/mol. The first-order chi connectivity index (χ1) is 5.18. The van der Waals surface area contributed by atoms with Gasteiger partial charge in [-0.1, -0.05) is 10.8 Å². The summed E-state index contributed by atoms with van der Waals surface area (Å²) in [4.78, 5) is 0. The van der Waals surface area contributed by atoms with E-state index in [-0.39, 0.29) is 0 Å². The van der Waals surface area contributed by atoms with Gasteiger partial charge in [0.2, 0.25) is 0 Å². The number of phosphoric acid groups is 1. The summed E-state index contributed by atoms with van der Waals surface area (Å²) in [6.45, 7) is 0.299. The Hall–Kier alpha value is 0.810. The van der Waals surface area contributed by atoms with Gasteiger partial charge in [-0.05, 0) is 0 Å². The predicted octanol–water partition coefficient (Wildman–Crippen LogP) is 1.98. The smallest absolute Gasteiger partial charge is 0.290 e. The Kier molecular flexibility index (Phi) is 6.81. The van der Waals surface area contributed by atoms with Crippen LogP contribution in [0.2, 0.25) is 0 Å². The van der Waals surface area contributed by atoms with Gasteiger partial charge in [0.1, 0.15) is 0 Å². The highest BCUT2D eigenvalue weighted by atomic mass is 33.1. The molecule has 0 aliphatic rings. The number of hydrogen-bond donors (Lipinski definition) is 1. The first kappa shape index (κ1) is 11.8. The molecule has 0 heterocycles. The van der Waals surface area contributed by atoms with Crippen LogP contribution in [0.25, 0.3) is 0 Å². The molecule has 7 heteroatoms. The maximum absolute atomic E-state index is 11.1. The second-order valence-corrected chi connectivity index (χ2v) is 4.80. The summed E-state index contributed by atoms with van der Waals surface area (Å²) in [6.07, 6.45) is 0. The molecule has 0 atom stereocenters. The number of phosphoric ester groups is 1. The molecule has 0 saturated carbocycles. The molecule has 0 N–H and O–H groups in total. The lowest BCUT2D eigenvalue weighted by Crippen LogP contribution is -1.97. The third kappa shape index (κ3) is 5.11. The minimum atomic E-state index is -3.26. The SMILES string of the molecule is COP(=O)(OC)OCCSS. The molecule has 11 heavy (non-hydrogen) atoms. The van der Waals surface area contributed by atoms with E-state index in [0.717, 1.165) is 0 Å². The number of thiol groups is 1. The van der Waals surface area contributed by atoms with Gasteiger partial charge < -0.3 is 0 Å². The van der Waals surface area contributed by atoms with Gasteiger partial charge in [-0.3, -0.25) is 13.6 Å². The molecule has 4 nitrogen and oxygen atoms in total. The molecule has 0 unspecified atom stereocenters. The van der Waals surface area contributed by atoms with Gasteiger partial charge in [-0.25, -0.2) is 4.57 Å². The zero-order valence-electron chi connectivity index (χ0n) is 6.35. The lowest BCUT2D eigenvalue weighted by atomic mass is 10.9. The van der Waals surface area contributed by atoms with E-state index in [2.05, 4.69) is 20.7 Å². The van der Waals surface area contributed by atoms with E-state index < -0.39 is 7.82 Å². The molecule has 0 saturated heterocycles. The molecule has 0 aliphatic heterocycles. The van der Waals surface area contributed by atoms with Crippen molar-refractivity contribution in [2.45, 2.75) is 0 Å². The Morgan fingerprint density at radius 2 is 2.00 bits per heavy atom. The summed E-state index contributed by atoms with van der Waals surface area (Å²) >= 11 is 3.87. The van der Waals surface area contributed by atoms with Crippen molar-refractivity contribution in [3.63, 3.8) is 0 Å². The van der Waals surface area contributed by atoms with E-state index in [0.29, 0.717) is 12.4 Å². The molecule has 0 spiro atoms. The van der Waals surface area contributed by atoms with E-state index in [9.17, 15) is 4.57 Å². The average Bonchev–Trinajstić information content (AvgIpc) is 2.05. The van der Waals surface area contributed by atoms with E-state index in [1.54, 1.807) is 0 Å². The lowest BCUT2D eigenvalue weighted by molar-refractivity contribution is 0.159. The summed E-state index contributed by atoms with van der Waals surface area (Å²) in [5.41, 5.74) is 0. The van der Waals surface area contributed by atoms with Crippen LogP contribution in [0.15, 0.2) is 0 Å². The fourth-order valence-corrected chi connectivity index (χ4v) is 1.55. The molecular formula is C4H11O4PS2. The minimum Gasteiger partial charge on any atom is -0.290 e. The molecule has 0 aromatic carbocycles. The molecule has 0 aromatic rings. The minimum absolute atomic E-state index is 0.299.